The Morgan fingerprint density at radius 2 is 2.00 bits per heavy atom. The van der Waals surface area contributed by atoms with Gasteiger partial charge in [-0.05, 0) is 12.0 Å². The summed E-state index contributed by atoms with van der Waals surface area (Å²) in [6.07, 6.45) is 4.16. The first-order valence-electron chi connectivity index (χ1n) is 7.83. The van der Waals surface area contributed by atoms with Crippen LogP contribution in [0.4, 0.5) is 0 Å². The van der Waals surface area contributed by atoms with Gasteiger partial charge in [-0.25, -0.2) is 8.42 Å². The molecule has 1 fully saturated rings. The summed E-state index contributed by atoms with van der Waals surface area (Å²) in [6, 6.07) is 9.98. The summed E-state index contributed by atoms with van der Waals surface area (Å²) < 4.78 is 26.4. The lowest BCUT2D eigenvalue weighted by Gasteiger charge is -2.13. The van der Waals surface area contributed by atoms with E-state index in [1.165, 1.54) is 4.31 Å². The topological polar surface area (TPSA) is 84.3 Å². The first-order chi connectivity index (χ1) is 11.5. The second kappa shape index (κ2) is 7.14. The zero-order valence-corrected chi connectivity index (χ0v) is 14.1. The van der Waals surface area contributed by atoms with Gasteiger partial charge in [0.2, 0.25) is 15.9 Å². The third kappa shape index (κ3) is 4.21. The van der Waals surface area contributed by atoms with Crippen molar-refractivity contribution >= 4 is 15.9 Å². The number of benzene rings is 1. The highest BCUT2D eigenvalue weighted by molar-refractivity contribution is 7.89. The molecule has 0 unspecified atom stereocenters. The molecule has 24 heavy (non-hydrogen) atoms. The van der Waals surface area contributed by atoms with E-state index < -0.39 is 10.0 Å². The summed E-state index contributed by atoms with van der Waals surface area (Å²) in [7, 11) is -3.24. The van der Waals surface area contributed by atoms with Crippen LogP contribution in [0.5, 0.6) is 0 Å². The van der Waals surface area contributed by atoms with Crippen LogP contribution in [0, 0.1) is 0 Å². The molecule has 8 heteroatoms. The summed E-state index contributed by atoms with van der Waals surface area (Å²) in [6.45, 7) is 1.31. The van der Waals surface area contributed by atoms with Crippen LogP contribution in [0.15, 0.2) is 42.7 Å². The Labute approximate surface area is 141 Å². The lowest BCUT2D eigenvalue weighted by Crippen LogP contribution is -2.37. The van der Waals surface area contributed by atoms with Crippen LogP contribution in [0.25, 0.3) is 0 Å². The molecule has 0 bridgehead atoms. The summed E-state index contributed by atoms with van der Waals surface area (Å²) in [5.41, 5.74) is 2.03. The van der Waals surface area contributed by atoms with Gasteiger partial charge < -0.3 is 5.32 Å². The molecular formula is C16H20N4O3S. The first-order valence-corrected chi connectivity index (χ1v) is 9.44. The van der Waals surface area contributed by atoms with Crippen molar-refractivity contribution in [2.24, 2.45) is 0 Å². The van der Waals surface area contributed by atoms with Crippen molar-refractivity contribution in [3.63, 3.8) is 0 Å². The Balaban J connectivity index is 1.49. The van der Waals surface area contributed by atoms with Crippen molar-refractivity contribution in [3.05, 3.63) is 53.9 Å². The molecule has 1 saturated heterocycles. The van der Waals surface area contributed by atoms with Crippen molar-refractivity contribution in [1.82, 2.24) is 19.4 Å². The number of nitrogens with zero attached hydrogens (tertiary/aromatic N) is 3. The van der Waals surface area contributed by atoms with Crippen LogP contribution in [-0.2, 0) is 27.9 Å². The number of carbonyl (C=O) groups excluding carboxylic acids is 1. The lowest BCUT2D eigenvalue weighted by atomic mass is 10.2. The van der Waals surface area contributed by atoms with E-state index in [9.17, 15) is 13.2 Å². The van der Waals surface area contributed by atoms with E-state index in [1.807, 2.05) is 41.2 Å². The van der Waals surface area contributed by atoms with Crippen LogP contribution in [-0.4, -0.2) is 47.3 Å². The van der Waals surface area contributed by atoms with Gasteiger partial charge in [-0.15, -0.1) is 0 Å². The second-order valence-corrected chi connectivity index (χ2v) is 7.90. The van der Waals surface area contributed by atoms with Crippen LogP contribution in [0.2, 0.25) is 0 Å². The Hall–Kier alpha value is -2.19. The molecule has 0 radical (unpaired) electrons. The van der Waals surface area contributed by atoms with Crippen molar-refractivity contribution < 1.29 is 13.2 Å². The van der Waals surface area contributed by atoms with Crippen LogP contribution in [0.3, 0.4) is 0 Å². The SMILES string of the molecule is O=C(CN1CCCS1(=O)=O)NCc1cnn(Cc2ccccc2)c1. The molecule has 0 aliphatic carbocycles. The second-order valence-electron chi connectivity index (χ2n) is 5.81. The molecular weight excluding hydrogens is 328 g/mol. The lowest BCUT2D eigenvalue weighted by molar-refractivity contribution is -0.121. The molecule has 1 N–H and O–H groups in total. The first kappa shape index (κ1) is 16.7. The smallest absolute Gasteiger partial charge is 0.235 e. The van der Waals surface area contributed by atoms with Gasteiger partial charge in [-0.3, -0.25) is 9.48 Å². The highest BCUT2D eigenvalue weighted by atomic mass is 32.2. The molecule has 0 spiro atoms. The van der Waals surface area contributed by atoms with Gasteiger partial charge in [0.15, 0.2) is 0 Å². The van der Waals surface area contributed by atoms with Crippen molar-refractivity contribution in [2.75, 3.05) is 18.8 Å². The van der Waals surface area contributed by atoms with E-state index >= 15 is 0 Å². The zero-order chi connectivity index (χ0) is 17.0. The van der Waals surface area contributed by atoms with E-state index in [2.05, 4.69) is 10.4 Å². The molecule has 1 aliphatic rings. The van der Waals surface area contributed by atoms with Crippen molar-refractivity contribution in [2.45, 2.75) is 19.5 Å². The van der Waals surface area contributed by atoms with E-state index in [1.54, 1.807) is 6.20 Å². The van der Waals surface area contributed by atoms with E-state index in [-0.39, 0.29) is 18.2 Å². The predicted octanol–water partition coefficient (Wildman–Crippen LogP) is 0.583. The van der Waals surface area contributed by atoms with Gasteiger partial charge in [-0.1, -0.05) is 30.3 Å². The van der Waals surface area contributed by atoms with Crippen molar-refractivity contribution in [3.8, 4) is 0 Å². The summed E-state index contributed by atoms with van der Waals surface area (Å²) in [5.74, 6) is -0.164. The normalized spacial score (nSPS) is 17.0. The molecule has 1 aliphatic heterocycles. The molecule has 7 nitrogen and oxygen atoms in total. The standard InChI is InChI=1S/C16H20N4O3S/c21-16(13-20-7-4-8-24(20,22)23)17-9-15-10-18-19(12-15)11-14-5-2-1-3-6-14/h1-3,5-6,10,12H,4,7-9,11,13H2,(H,17,21). The van der Waals surface area contributed by atoms with E-state index in [0.29, 0.717) is 26.1 Å². The molecule has 0 atom stereocenters. The van der Waals surface area contributed by atoms with Crippen LogP contribution >= 0.6 is 0 Å². The number of aromatic nitrogens is 2. The number of hydrogen-bond acceptors (Lipinski definition) is 4. The zero-order valence-electron chi connectivity index (χ0n) is 13.3. The van der Waals surface area contributed by atoms with E-state index in [0.717, 1.165) is 11.1 Å². The molecule has 1 amide bonds. The Kier molecular flexibility index (Phi) is 4.96. The minimum atomic E-state index is -3.24. The molecule has 128 valence electrons. The molecule has 2 heterocycles. The maximum atomic E-state index is 11.9. The highest BCUT2D eigenvalue weighted by Crippen LogP contribution is 2.12. The largest absolute Gasteiger partial charge is 0.351 e. The maximum absolute atomic E-state index is 11.9. The highest BCUT2D eigenvalue weighted by Gasteiger charge is 2.29. The monoisotopic (exact) mass is 348 g/mol. The maximum Gasteiger partial charge on any atom is 0.235 e. The molecule has 1 aromatic carbocycles. The fourth-order valence-electron chi connectivity index (χ4n) is 2.64. The number of amides is 1. The van der Waals surface area contributed by atoms with Gasteiger partial charge in [0.05, 0.1) is 25.0 Å². The van der Waals surface area contributed by atoms with E-state index in [4.69, 9.17) is 0 Å². The number of nitrogens with one attached hydrogen (secondary N) is 1. The van der Waals surface area contributed by atoms with Crippen molar-refractivity contribution in [1.29, 1.82) is 0 Å². The summed E-state index contributed by atoms with van der Waals surface area (Å²) >= 11 is 0. The van der Waals surface area contributed by atoms with Crippen LogP contribution in [0.1, 0.15) is 17.5 Å². The molecule has 3 rings (SSSR count). The summed E-state index contributed by atoms with van der Waals surface area (Å²) in [5, 5.41) is 7.02. The summed E-state index contributed by atoms with van der Waals surface area (Å²) in [4.78, 5) is 11.9. The Morgan fingerprint density at radius 3 is 2.71 bits per heavy atom. The molecule has 0 saturated carbocycles. The minimum absolute atomic E-state index is 0.111. The average Bonchev–Trinajstić information content (AvgIpc) is 3.13. The fourth-order valence-corrected chi connectivity index (χ4v) is 4.11. The number of hydrogen-bond donors (Lipinski definition) is 1. The van der Waals surface area contributed by atoms with Crippen LogP contribution < -0.4 is 5.32 Å². The molecule has 1 aromatic heterocycles. The number of carbonyl (C=O) groups is 1. The van der Waals surface area contributed by atoms with Gasteiger partial charge in [0.25, 0.3) is 0 Å². The Bertz CT molecular complexity index is 802. The predicted molar refractivity (Wildman–Crippen MR) is 89.6 cm³/mol. The molecule has 2 aromatic rings. The number of rotatable bonds is 6. The van der Waals surface area contributed by atoms with Gasteiger partial charge in [0.1, 0.15) is 0 Å². The Morgan fingerprint density at radius 1 is 1.21 bits per heavy atom. The quantitative estimate of drug-likeness (QED) is 0.828. The average molecular weight is 348 g/mol. The third-order valence-corrected chi connectivity index (χ3v) is 5.79. The van der Waals surface area contributed by atoms with Gasteiger partial charge in [0, 0.05) is 24.8 Å². The van der Waals surface area contributed by atoms with Gasteiger partial charge in [-0.2, -0.15) is 9.40 Å². The van der Waals surface area contributed by atoms with Gasteiger partial charge >= 0.3 is 0 Å². The third-order valence-electron chi connectivity index (χ3n) is 3.89. The fraction of sp³-hybridized carbons (Fsp3) is 0.375. The minimum Gasteiger partial charge on any atom is -0.351 e. The number of sulfonamides is 1.